The van der Waals surface area contributed by atoms with E-state index in [1.807, 2.05) is 6.07 Å². The molecule has 0 radical (unpaired) electrons. The summed E-state index contributed by atoms with van der Waals surface area (Å²) in [6, 6.07) is 21.2. The van der Waals surface area contributed by atoms with E-state index in [2.05, 4.69) is 48.6 Å². The van der Waals surface area contributed by atoms with Crippen molar-refractivity contribution in [1.29, 1.82) is 0 Å². The van der Waals surface area contributed by atoms with E-state index >= 15 is 0 Å². The summed E-state index contributed by atoms with van der Waals surface area (Å²) in [6.45, 7) is 2.94. The number of hydrogen-bond acceptors (Lipinski definition) is 1. The van der Waals surface area contributed by atoms with Crippen LogP contribution in [0.3, 0.4) is 0 Å². The van der Waals surface area contributed by atoms with Gasteiger partial charge >= 0.3 is 6.03 Å². The third kappa shape index (κ3) is 4.66. The Kier molecular flexibility index (Phi) is 6.17. The van der Waals surface area contributed by atoms with Crippen LogP contribution >= 0.6 is 0 Å². The lowest BCUT2D eigenvalue weighted by atomic mass is 9.77. The molecular weight excluding hydrogens is 411 g/mol. The van der Waals surface area contributed by atoms with Gasteiger partial charge in [-0.05, 0) is 96.5 Å². The van der Waals surface area contributed by atoms with Gasteiger partial charge in [0.2, 0.25) is 0 Å². The fourth-order valence-electron chi connectivity index (χ4n) is 5.40. The summed E-state index contributed by atoms with van der Waals surface area (Å²) >= 11 is 0. The van der Waals surface area contributed by atoms with Crippen molar-refractivity contribution in [3.05, 3.63) is 83.7 Å². The smallest absolute Gasteiger partial charge is 0.307 e. The number of nitrogens with one attached hydrogen (secondary N) is 1. The molecule has 2 amide bonds. The molecule has 3 aromatic carbocycles. The number of rotatable bonds is 4. The molecule has 170 valence electrons. The molecule has 0 saturated heterocycles. The summed E-state index contributed by atoms with van der Waals surface area (Å²) in [7, 11) is 0. The van der Waals surface area contributed by atoms with E-state index in [9.17, 15) is 9.18 Å². The number of anilines is 2. The monoisotopic (exact) mass is 442 g/mol. The summed E-state index contributed by atoms with van der Waals surface area (Å²) in [5, 5.41) is 2.80. The molecule has 1 N–H and O–H groups in total. The number of carbonyl (C=O) groups is 1. The number of fused-ring (bicyclic) bond motifs is 1. The molecule has 33 heavy (non-hydrogen) atoms. The number of benzene rings is 3. The van der Waals surface area contributed by atoms with Crippen LogP contribution in [0.1, 0.15) is 56.1 Å². The predicted molar refractivity (Wildman–Crippen MR) is 133 cm³/mol. The standard InChI is InChI=1S/C29H31FN2O/c1-2-20-6-8-21(9-7-20)22-10-12-23(13-11-22)24-14-15-28-25(18-24)16-17-32(28)29(33)31-27-5-3-4-26(30)19-27/h3-5,10-15,18-21H,2,6-9,16-17H2,1H3,(H,31,33). The van der Waals surface area contributed by atoms with E-state index in [1.165, 1.54) is 66.5 Å². The zero-order valence-electron chi connectivity index (χ0n) is 19.2. The van der Waals surface area contributed by atoms with Crippen molar-refractivity contribution in [1.82, 2.24) is 0 Å². The quantitative estimate of drug-likeness (QED) is 0.440. The third-order valence-electron chi connectivity index (χ3n) is 7.44. The fourth-order valence-corrected chi connectivity index (χ4v) is 5.40. The number of nitrogens with zero attached hydrogens (tertiary/aromatic N) is 1. The van der Waals surface area contributed by atoms with E-state index in [-0.39, 0.29) is 11.8 Å². The van der Waals surface area contributed by atoms with Gasteiger partial charge in [0, 0.05) is 17.9 Å². The van der Waals surface area contributed by atoms with Crippen molar-refractivity contribution in [2.45, 2.75) is 51.4 Å². The number of amides is 2. The van der Waals surface area contributed by atoms with Crippen LogP contribution in [0.5, 0.6) is 0 Å². The Morgan fingerprint density at radius 1 is 0.970 bits per heavy atom. The molecule has 1 saturated carbocycles. The van der Waals surface area contributed by atoms with Crippen LogP contribution in [0.15, 0.2) is 66.7 Å². The summed E-state index contributed by atoms with van der Waals surface area (Å²) in [4.78, 5) is 14.5. The van der Waals surface area contributed by atoms with Crippen LogP contribution in [-0.2, 0) is 6.42 Å². The van der Waals surface area contributed by atoms with Gasteiger partial charge in [-0.25, -0.2) is 9.18 Å². The molecule has 2 aliphatic rings. The van der Waals surface area contributed by atoms with Crippen LogP contribution in [-0.4, -0.2) is 12.6 Å². The Bertz CT molecular complexity index is 1130. The Labute approximate surface area is 195 Å². The molecule has 3 aromatic rings. The molecule has 3 nitrogen and oxygen atoms in total. The Hall–Kier alpha value is -3.14. The normalized spacial score (nSPS) is 19.9. The molecule has 1 aliphatic carbocycles. The third-order valence-corrected chi connectivity index (χ3v) is 7.44. The molecule has 0 atom stereocenters. The number of hydrogen-bond donors (Lipinski definition) is 1. The zero-order chi connectivity index (χ0) is 22.8. The molecule has 1 aliphatic heterocycles. The molecule has 5 rings (SSSR count). The molecule has 1 heterocycles. The summed E-state index contributed by atoms with van der Waals surface area (Å²) < 4.78 is 13.4. The molecule has 0 aromatic heterocycles. The maximum Gasteiger partial charge on any atom is 0.326 e. The van der Waals surface area contributed by atoms with Crippen molar-refractivity contribution in [3.8, 4) is 11.1 Å². The SMILES string of the molecule is CCC1CCC(c2ccc(-c3ccc4c(c3)CCN4C(=O)Nc3cccc(F)c3)cc2)CC1. The van der Waals surface area contributed by atoms with Crippen molar-refractivity contribution < 1.29 is 9.18 Å². The van der Waals surface area contributed by atoms with Gasteiger partial charge in [-0.15, -0.1) is 0 Å². The topological polar surface area (TPSA) is 32.3 Å². The van der Waals surface area contributed by atoms with Gasteiger partial charge in [0.1, 0.15) is 5.82 Å². The number of urea groups is 1. The van der Waals surface area contributed by atoms with Gasteiger partial charge in [-0.2, -0.15) is 0 Å². The average Bonchev–Trinajstić information content (AvgIpc) is 3.28. The lowest BCUT2D eigenvalue weighted by Crippen LogP contribution is -2.33. The maximum atomic E-state index is 13.4. The van der Waals surface area contributed by atoms with Crippen LogP contribution in [0.25, 0.3) is 11.1 Å². The number of carbonyl (C=O) groups excluding carboxylic acids is 1. The Balaban J connectivity index is 1.28. The van der Waals surface area contributed by atoms with Gasteiger partial charge in [0.15, 0.2) is 0 Å². The average molecular weight is 443 g/mol. The highest BCUT2D eigenvalue weighted by Gasteiger charge is 2.25. The highest BCUT2D eigenvalue weighted by molar-refractivity contribution is 6.03. The molecule has 0 unspecified atom stereocenters. The fraction of sp³-hybridized carbons (Fsp3) is 0.345. The number of halogens is 1. The highest BCUT2D eigenvalue weighted by Crippen LogP contribution is 2.38. The first-order chi connectivity index (χ1) is 16.1. The Morgan fingerprint density at radius 3 is 2.45 bits per heavy atom. The van der Waals surface area contributed by atoms with E-state index in [0.717, 1.165) is 18.0 Å². The maximum absolute atomic E-state index is 13.4. The second-order valence-electron chi connectivity index (χ2n) is 9.43. The van der Waals surface area contributed by atoms with Gasteiger partial charge in [-0.1, -0.05) is 49.7 Å². The first kappa shape index (κ1) is 21.7. The molecule has 1 fully saturated rings. The highest BCUT2D eigenvalue weighted by atomic mass is 19.1. The van der Waals surface area contributed by atoms with Gasteiger partial charge in [0.05, 0.1) is 0 Å². The molecule has 0 bridgehead atoms. The zero-order valence-corrected chi connectivity index (χ0v) is 19.2. The van der Waals surface area contributed by atoms with Crippen molar-refractivity contribution in [2.75, 3.05) is 16.8 Å². The first-order valence-electron chi connectivity index (χ1n) is 12.2. The second-order valence-corrected chi connectivity index (χ2v) is 9.43. The minimum Gasteiger partial charge on any atom is -0.307 e. The molecular formula is C29H31FN2O. The first-order valence-corrected chi connectivity index (χ1v) is 12.2. The van der Waals surface area contributed by atoms with E-state index in [0.29, 0.717) is 18.2 Å². The van der Waals surface area contributed by atoms with Gasteiger partial charge in [0.25, 0.3) is 0 Å². The Morgan fingerprint density at radius 2 is 1.73 bits per heavy atom. The summed E-state index contributed by atoms with van der Waals surface area (Å²) in [5.74, 6) is 1.26. The molecule has 0 spiro atoms. The minimum absolute atomic E-state index is 0.228. The van der Waals surface area contributed by atoms with Crippen molar-refractivity contribution in [3.63, 3.8) is 0 Å². The van der Waals surface area contributed by atoms with Crippen LogP contribution in [0, 0.1) is 11.7 Å². The minimum atomic E-state index is -0.362. The van der Waals surface area contributed by atoms with Crippen molar-refractivity contribution in [2.24, 2.45) is 5.92 Å². The lowest BCUT2D eigenvalue weighted by molar-refractivity contribution is 0.257. The van der Waals surface area contributed by atoms with Crippen molar-refractivity contribution >= 4 is 17.4 Å². The van der Waals surface area contributed by atoms with E-state index < -0.39 is 0 Å². The van der Waals surface area contributed by atoms with Gasteiger partial charge < -0.3 is 5.32 Å². The van der Waals surface area contributed by atoms with Gasteiger partial charge in [-0.3, -0.25) is 4.90 Å². The van der Waals surface area contributed by atoms with Crippen LogP contribution in [0.2, 0.25) is 0 Å². The largest absolute Gasteiger partial charge is 0.326 e. The summed E-state index contributed by atoms with van der Waals surface area (Å²) in [5.41, 5.74) is 6.43. The second kappa shape index (κ2) is 9.38. The van der Waals surface area contributed by atoms with Crippen LogP contribution < -0.4 is 10.2 Å². The lowest BCUT2D eigenvalue weighted by Gasteiger charge is -2.28. The molecule has 4 heteroatoms. The van der Waals surface area contributed by atoms with E-state index in [4.69, 9.17) is 0 Å². The summed E-state index contributed by atoms with van der Waals surface area (Å²) in [6.07, 6.45) is 7.47. The van der Waals surface area contributed by atoms with Crippen LogP contribution in [0.4, 0.5) is 20.6 Å². The van der Waals surface area contributed by atoms with E-state index in [1.54, 1.807) is 17.0 Å². The predicted octanol–water partition coefficient (Wildman–Crippen LogP) is 7.77.